The number of carbonyl (C=O) groups is 1. The third kappa shape index (κ3) is 4.42. The maximum absolute atomic E-state index is 12.0. The first-order valence-corrected chi connectivity index (χ1v) is 7.03. The Bertz CT molecular complexity index is 407. The molecule has 0 fully saturated rings. The number of hydrogen-bond acceptors (Lipinski definition) is 2. The van der Waals surface area contributed by atoms with Gasteiger partial charge in [0.2, 0.25) is 0 Å². The van der Waals surface area contributed by atoms with Crippen LogP contribution in [0.1, 0.15) is 35.7 Å². The zero-order chi connectivity index (χ0) is 13.5. The molecule has 0 heterocycles. The molecule has 1 aromatic carbocycles. The van der Waals surface area contributed by atoms with E-state index in [1.54, 1.807) is 0 Å². The van der Waals surface area contributed by atoms with Crippen LogP contribution in [0.4, 0.5) is 0 Å². The van der Waals surface area contributed by atoms with Crippen molar-refractivity contribution in [3.05, 3.63) is 33.8 Å². The molecule has 1 rings (SSSR count). The number of hydrogen-bond donors (Lipinski definition) is 2. The Morgan fingerprint density at radius 3 is 2.83 bits per heavy atom. The highest BCUT2D eigenvalue weighted by Crippen LogP contribution is 2.18. The SMILES string of the molecule is CCC(CCO)CNC(=O)c1cc(C)ccc1Br. The molecule has 2 N–H and O–H groups in total. The first kappa shape index (κ1) is 15.2. The highest BCUT2D eigenvalue weighted by atomic mass is 79.9. The van der Waals surface area contributed by atoms with E-state index in [1.165, 1.54) is 0 Å². The Labute approximate surface area is 117 Å². The Balaban J connectivity index is 2.62. The van der Waals surface area contributed by atoms with E-state index in [2.05, 4.69) is 28.2 Å². The number of carbonyl (C=O) groups excluding carboxylic acids is 1. The van der Waals surface area contributed by atoms with Gasteiger partial charge in [-0.25, -0.2) is 0 Å². The number of aliphatic hydroxyl groups is 1. The van der Waals surface area contributed by atoms with Crippen LogP contribution < -0.4 is 5.32 Å². The third-order valence-electron chi connectivity index (χ3n) is 3.03. The lowest BCUT2D eigenvalue weighted by molar-refractivity contribution is 0.0942. The van der Waals surface area contributed by atoms with E-state index in [4.69, 9.17) is 5.11 Å². The van der Waals surface area contributed by atoms with Gasteiger partial charge in [-0.3, -0.25) is 4.79 Å². The van der Waals surface area contributed by atoms with Gasteiger partial charge in [-0.15, -0.1) is 0 Å². The molecule has 0 aliphatic heterocycles. The summed E-state index contributed by atoms with van der Waals surface area (Å²) >= 11 is 3.39. The quantitative estimate of drug-likeness (QED) is 0.848. The molecule has 0 aliphatic carbocycles. The van der Waals surface area contributed by atoms with Gasteiger partial charge >= 0.3 is 0 Å². The number of aliphatic hydroxyl groups excluding tert-OH is 1. The summed E-state index contributed by atoms with van der Waals surface area (Å²) < 4.78 is 0.806. The minimum absolute atomic E-state index is 0.0676. The van der Waals surface area contributed by atoms with E-state index < -0.39 is 0 Å². The normalized spacial score (nSPS) is 12.2. The van der Waals surface area contributed by atoms with Crippen LogP contribution >= 0.6 is 15.9 Å². The standard InChI is InChI=1S/C14H20BrNO2/c1-3-11(6-7-17)9-16-14(18)12-8-10(2)4-5-13(12)15/h4-5,8,11,17H,3,6-7,9H2,1-2H3,(H,16,18). The number of rotatable bonds is 6. The molecule has 3 nitrogen and oxygen atoms in total. The molecule has 0 radical (unpaired) electrons. The average Bonchev–Trinajstić information content (AvgIpc) is 2.37. The van der Waals surface area contributed by atoms with Crippen LogP contribution in [0.2, 0.25) is 0 Å². The van der Waals surface area contributed by atoms with Gasteiger partial charge in [-0.1, -0.05) is 25.0 Å². The molecule has 18 heavy (non-hydrogen) atoms. The molecule has 1 aromatic rings. The van der Waals surface area contributed by atoms with Crippen LogP contribution in [0.3, 0.4) is 0 Å². The molecule has 4 heteroatoms. The van der Waals surface area contributed by atoms with Crippen molar-refractivity contribution in [1.29, 1.82) is 0 Å². The smallest absolute Gasteiger partial charge is 0.252 e. The predicted molar refractivity (Wildman–Crippen MR) is 76.7 cm³/mol. The van der Waals surface area contributed by atoms with Crippen LogP contribution in [0.25, 0.3) is 0 Å². The largest absolute Gasteiger partial charge is 0.396 e. The second kappa shape index (κ2) is 7.54. The van der Waals surface area contributed by atoms with Gasteiger partial charge in [0, 0.05) is 17.6 Å². The summed E-state index contributed by atoms with van der Waals surface area (Å²) in [6, 6.07) is 5.71. The molecule has 0 aromatic heterocycles. The molecule has 0 saturated carbocycles. The Kier molecular flexibility index (Phi) is 6.36. The fraction of sp³-hybridized carbons (Fsp3) is 0.500. The lowest BCUT2D eigenvalue weighted by Gasteiger charge is -2.15. The second-order valence-corrected chi connectivity index (χ2v) is 5.33. The zero-order valence-electron chi connectivity index (χ0n) is 10.9. The molecule has 0 spiro atoms. The maximum atomic E-state index is 12.0. The van der Waals surface area contributed by atoms with Gasteiger partial charge in [-0.2, -0.15) is 0 Å². The Hall–Kier alpha value is -0.870. The van der Waals surface area contributed by atoms with Crippen molar-refractivity contribution in [2.24, 2.45) is 5.92 Å². The van der Waals surface area contributed by atoms with Crippen molar-refractivity contribution in [2.75, 3.05) is 13.2 Å². The number of halogens is 1. The van der Waals surface area contributed by atoms with Gasteiger partial charge in [-0.05, 0) is 47.3 Å². The van der Waals surface area contributed by atoms with E-state index in [0.717, 1.165) is 22.9 Å². The number of aryl methyl sites for hydroxylation is 1. The molecular formula is C14H20BrNO2. The van der Waals surface area contributed by atoms with Crippen LogP contribution in [0, 0.1) is 12.8 Å². The van der Waals surface area contributed by atoms with Crippen molar-refractivity contribution in [1.82, 2.24) is 5.32 Å². The molecule has 1 unspecified atom stereocenters. The molecule has 0 saturated heterocycles. The second-order valence-electron chi connectivity index (χ2n) is 4.48. The summed E-state index contributed by atoms with van der Waals surface area (Å²) in [7, 11) is 0. The minimum Gasteiger partial charge on any atom is -0.396 e. The van der Waals surface area contributed by atoms with Crippen LogP contribution in [-0.4, -0.2) is 24.2 Å². The minimum atomic E-state index is -0.0676. The highest BCUT2D eigenvalue weighted by molar-refractivity contribution is 9.10. The molecule has 1 amide bonds. The van der Waals surface area contributed by atoms with Crippen molar-refractivity contribution in [2.45, 2.75) is 26.7 Å². The van der Waals surface area contributed by atoms with Crippen LogP contribution in [-0.2, 0) is 0 Å². The summed E-state index contributed by atoms with van der Waals surface area (Å²) in [5.74, 6) is 0.268. The van der Waals surface area contributed by atoms with Gasteiger partial charge < -0.3 is 10.4 Å². The molecule has 0 aliphatic rings. The van der Waals surface area contributed by atoms with Crippen LogP contribution in [0.5, 0.6) is 0 Å². The Morgan fingerprint density at radius 2 is 2.22 bits per heavy atom. The van der Waals surface area contributed by atoms with E-state index in [9.17, 15) is 4.79 Å². The van der Waals surface area contributed by atoms with Gasteiger partial charge in [0.15, 0.2) is 0 Å². The van der Waals surface area contributed by atoms with Gasteiger partial charge in [0.05, 0.1) is 5.56 Å². The van der Waals surface area contributed by atoms with Gasteiger partial charge in [0.25, 0.3) is 5.91 Å². The fourth-order valence-corrected chi connectivity index (χ4v) is 2.21. The molecule has 0 bridgehead atoms. The summed E-state index contributed by atoms with van der Waals surface area (Å²) in [5.41, 5.74) is 1.72. The topological polar surface area (TPSA) is 49.3 Å². The summed E-state index contributed by atoms with van der Waals surface area (Å²) in [6.45, 7) is 4.80. The number of amides is 1. The summed E-state index contributed by atoms with van der Waals surface area (Å²) in [4.78, 5) is 12.0. The highest BCUT2D eigenvalue weighted by Gasteiger charge is 2.12. The van der Waals surface area contributed by atoms with Crippen molar-refractivity contribution in [3.8, 4) is 0 Å². The monoisotopic (exact) mass is 313 g/mol. The van der Waals surface area contributed by atoms with E-state index >= 15 is 0 Å². The first-order chi connectivity index (χ1) is 8.58. The lowest BCUT2D eigenvalue weighted by atomic mass is 10.0. The Morgan fingerprint density at radius 1 is 1.50 bits per heavy atom. The summed E-state index contributed by atoms with van der Waals surface area (Å²) in [6.07, 6.45) is 1.68. The average molecular weight is 314 g/mol. The maximum Gasteiger partial charge on any atom is 0.252 e. The first-order valence-electron chi connectivity index (χ1n) is 6.23. The van der Waals surface area contributed by atoms with Crippen LogP contribution in [0.15, 0.2) is 22.7 Å². The third-order valence-corrected chi connectivity index (χ3v) is 3.72. The zero-order valence-corrected chi connectivity index (χ0v) is 12.5. The van der Waals surface area contributed by atoms with Crippen molar-refractivity contribution >= 4 is 21.8 Å². The molecule has 1 atom stereocenters. The number of nitrogens with one attached hydrogen (secondary N) is 1. The fourth-order valence-electron chi connectivity index (χ4n) is 1.78. The molecular weight excluding hydrogens is 294 g/mol. The van der Waals surface area contributed by atoms with E-state index in [-0.39, 0.29) is 12.5 Å². The molecule has 100 valence electrons. The lowest BCUT2D eigenvalue weighted by Crippen LogP contribution is -2.29. The summed E-state index contributed by atoms with van der Waals surface area (Å²) in [5, 5.41) is 11.8. The predicted octanol–water partition coefficient (Wildman–Crippen LogP) is 2.90. The number of benzene rings is 1. The van der Waals surface area contributed by atoms with E-state index in [0.29, 0.717) is 18.0 Å². The van der Waals surface area contributed by atoms with Gasteiger partial charge in [0.1, 0.15) is 0 Å². The van der Waals surface area contributed by atoms with E-state index in [1.807, 2.05) is 25.1 Å². The van der Waals surface area contributed by atoms with Crippen molar-refractivity contribution in [3.63, 3.8) is 0 Å². The van der Waals surface area contributed by atoms with Crippen molar-refractivity contribution < 1.29 is 9.90 Å².